The Labute approximate surface area is 137 Å². The van der Waals surface area contributed by atoms with Crippen molar-refractivity contribution in [3.63, 3.8) is 0 Å². The van der Waals surface area contributed by atoms with E-state index in [-0.39, 0.29) is 11.3 Å². The smallest absolute Gasteiger partial charge is 0.267 e. The maximum Gasteiger partial charge on any atom is 0.272 e. The van der Waals surface area contributed by atoms with Gasteiger partial charge >= 0.3 is 0 Å². The number of carbonyl (C=O) groups excluding carboxylic acids is 1. The molecule has 1 amide bonds. The largest absolute Gasteiger partial charge is 0.272 e. The van der Waals surface area contributed by atoms with Crippen molar-refractivity contribution in [2.75, 3.05) is 0 Å². The van der Waals surface area contributed by atoms with Gasteiger partial charge in [0, 0.05) is 21.4 Å². The summed E-state index contributed by atoms with van der Waals surface area (Å²) in [6, 6.07) is 2.00. The summed E-state index contributed by atoms with van der Waals surface area (Å²) < 4.78 is 0. The van der Waals surface area contributed by atoms with Crippen molar-refractivity contribution in [2.24, 2.45) is 21.8 Å². The van der Waals surface area contributed by atoms with Crippen molar-refractivity contribution in [3.8, 4) is 0 Å². The van der Waals surface area contributed by atoms with Crippen LogP contribution in [0.25, 0.3) is 0 Å². The van der Waals surface area contributed by atoms with Crippen molar-refractivity contribution in [1.29, 1.82) is 0 Å². The maximum atomic E-state index is 12.3. The Balaban J connectivity index is 1.70. The van der Waals surface area contributed by atoms with Crippen molar-refractivity contribution in [2.45, 2.75) is 59.8 Å². The lowest BCUT2D eigenvalue weighted by atomic mass is 9.70. The standard InChI is InChI=1S/C18H26N2OS/c1-5-6-14-9-12(11-22-14)16(21)20-19-15-10-13-7-8-18(15,4)17(13,2)3/h9,11,13H,5-8,10H2,1-4H3,(H,20,21)/b19-15-/t13-,18+/m0/s1. The van der Waals surface area contributed by atoms with Crippen LogP contribution in [0, 0.1) is 16.7 Å². The molecule has 0 saturated heterocycles. The molecule has 0 aliphatic heterocycles. The van der Waals surface area contributed by atoms with Crippen LogP contribution < -0.4 is 5.43 Å². The highest BCUT2D eigenvalue weighted by atomic mass is 32.1. The van der Waals surface area contributed by atoms with Gasteiger partial charge in [-0.15, -0.1) is 11.3 Å². The van der Waals surface area contributed by atoms with E-state index in [1.807, 2.05) is 11.4 Å². The summed E-state index contributed by atoms with van der Waals surface area (Å²) in [7, 11) is 0. The van der Waals surface area contributed by atoms with Crippen molar-refractivity contribution in [3.05, 3.63) is 21.9 Å². The summed E-state index contributed by atoms with van der Waals surface area (Å²) >= 11 is 1.66. The lowest BCUT2D eigenvalue weighted by molar-refractivity contribution is 0.0954. The number of thiophene rings is 1. The summed E-state index contributed by atoms with van der Waals surface area (Å²) in [6.45, 7) is 9.17. The van der Waals surface area contributed by atoms with E-state index in [0.717, 1.165) is 24.8 Å². The molecule has 3 nitrogen and oxygen atoms in total. The first-order valence-electron chi connectivity index (χ1n) is 8.33. The normalized spacial score (nSPS) is 30.9. The highest BCUT2D eigenvalue weighted by Gasteiger charge is 2.59. The zero-order valence-corrected chi connectivity index (χ0v) is 14.8. The van der Waals surface area contributed by atoms with E-state index in [2.05, 4.69) is 38.2 Å². The fraction of sp³-hybridized carbons (Fsp3) is 0.667. The molecule has 1 aromatic rings. The van der Waals surface area contributed by atoms with Gasteiger partial charge in [0.15, 0.2) is 0 Å². The third kappa shape index (κ3) is 2.32. The minimum Gasteiger partial charge on any atom is -0.267 e. The minimum atomic E-state index is -0.0738. The molecular formula is C18H26N2OS. The topological polar surface area (TPSA) is 41.5 Å². The average molecular weight is 318 g/mol. The van der Waals surface area contributed by atoms with Crippen LogP contribution in [0.15, 0.2) is 16.5 Å². The van der Waals surface area contributed by atoms with E-state index < -0.39 is 0 Å². The first kappa shape index (κ1) is 15.7. The number of carbonyl (C=O) groups is 1. The molecule has 1 N–H and O–H groups in total. The van der Waals surface area contributed by atoms with Crippen LogP contribution >= 0.6 is 11.3 Å². The van der Waals surface area contributed by atoms with Gasteiger partial charge in [0.2, 0.25) is 0 Å². The molecule has 4 heteroatoms. The molecule has 120 valence electrons. The van der Waals surface area contributed by atoms with Gasteiger partial charge in [-0.2, -0.15) is 5.10 Å². The van der Waals surface area contributed by atoms with Crippen LogP contribution in [-0.2, 0) is 6.42 Å². The van der Waals surface area contributed by atoms with Crippen molar-refractivity contribution < 1.29 is 4.79 Å². The molecule has 2 aliphatic rings. The first-order valence-corrected chi connectivity index (χ1v) is 9.21. The van der Waals surface area contributed by atoms with Gasteiger partial charge in [-0.3, -0.25) is 4.79 Å². The van der Waals surface area contributed by atoms with Gasteiger partial charge < -0.3 is 0 Å². The summed E-state index contributed by atoms with van der Waals surface area (Å²) in [5.41, 5.74) is 5.17. The second-order valence-corrected chi connectivity index (χ2v) is 8.54. The van der Waals surface area contributed by atoms with Gasteiger partial charge in [0.25, 0.3) is 5.91 Å². The van der Waals surface area contributed by atoms with Crippen LogP contribution in [-0.4, -0.2) is 11.6 Å². The Morgan fingerprint density at radius 3 is 2.82 bits per heavy atom. The second kappa shape index (κ2) is 5.48. The third-order valence-electron chi connectivity index (χ3n) is 6.22. The fourth-order valence-electron chi connectivity index (χ4n) is 4.16. The first-order chi connectivity index (χ1) is 10.4. The molecule has 2 atom stereocenters. The average Bonchev–Trinajstić information content (AvgIpc) is 3.07. The van der Waals surface area contributed by atoms with Crippen LogP contribution in [0.4, 0.5) is 0 Å². The number of hydrogen-bond donors (Lipinski definition) is 1. The summed E-state index contributed by atoms with van der Waals surface area (Å²) in [6.07, 6.45) is 5.67. The lowest BCUT2D eigenvalue weighted by Gasteiger charge is -2.34. The van der Waals surface area contributed by atoms with Crippen molar-refractivity contribution >= 4 is 23.0 Å². The Kier molecular flexibility index (Phi) is 3.92. The number of nitrogens with zero attached hydrogens (tertiary/aromatic N) is 1. The van der Waals surface area contributed by atoms with Gasteiger partial charge in [-0.1, -0.05) is 34.1 Å². The predicted molar refractivity (Wildman–Crippen MR) is 92.4 cm³/mol. The highest BCUT2D eigenvalue weighted by molar-refractivity contribution is 7.10. The van der Waals surface area contributed by atoms with E-state index >= 15 is 0 Å². The number of hydrazone groups is 1. The Hall–Kier alpha value is -1.16. The minimum absolute atomic E-state index is 0.0738. The number of rotatable bonds is 4. The predicted octanol–water partition coefficient (Wildman–Crippen LogP) is 4.63. The number of amides is 1. The molecule has 0 aromatic carbocycles. The molecular weight excluding hydrogens is 292 g/mol. The van der Waals surface area contributed by atoms with E-state index in [1.54, 1.807) is 11.3 Å². The molecule has 1 aromatic heterocycles. The number of fused-ring (bicyclic) bond motifs is 2. The lowest BCUT2D eigenvalue weighted by Crippen LogP contribution is -2.34. The maximum absolute atomic E-state index is 12.3. The van der Waals surface area contributed by atoms with Gasteiger partial charge in [-0.05, 0) is 43.1 Å². The SMILES string of the molecule is CCCc1cc(C(=O)N/N=C2/C[C@@H]3CC[C@@]2(C)C3(C)C)cs1. The van der Waals surface area contributed by atoms with Crippen LogP contribution in [0.1, 0.15) is 68.6 Å². The summed E-state index contributed by atoms with van der Waals surface area (Å²) in [4.78, 5) is 13.6. The van der Waals surface area contributed by atoms with Gasteiger partial charge in [0.1, 0.15) is 0 Å². The number of aryl methyl sites for hydroxylation is 1. The zero-order chi connectivity index (χ0) is 16.0. The molecule has 2 fully saturated rings. The van der Waals surface area contributed by atoms with Crippen LogP contribution in [0.3, 0.4) is 0 Å². The Morgan fingerprint density at radius 2 is 2.23 bits per heavy atom. The van der Waals surface area contributed by atoms with Gasteiger partial charge in [-0.25, -0.2) is 5.43 Å². The Bertz CT molecular complexity index is 616. The second-order valence-electron chi connectivity index (χ2n) is 7.54. The van der Waals surface area contributed by atoms with Crippen molar-refractivity contribution in [1.82, 2.24) is 5.43 Å². The number of nitrogens with one attached hydrogen (secondary N) is 1. The monoisotopic (exact) mass is 318 g/mol. The molecule has 0 unspecified atom stereocenters. The number of hydrogen-bond acceptors (Lipinski definition) is 3. The molecule has 3 rings (SSSR count). The molecule has 0 spiro atoms. The third-order valence-corrected chi connectivity index (χ3v) is 7.21. The van der Waals surface area contributed by atoms with E-state index in [1.165, 1.54) is 23.4 Å². The van der Waals surface area contributed by atoms with Crippen LogP contribution in [0.5, 0.6) is 0 Å². The van der Waals surface area contributed by atoms with E-state index in [9.17, 15) is 4.79 Å². The molecule has 0 radical (unpaired) electrons. The van der Waals surface area contributed by atoms with Gasteiger partial charge in [0.05, 0.1) is 5.56 Å². The fourth-order valence-corrected chi connectivity index (χ4v) is 5.13. The van der Waals surface area contributed by atoms with E-state index in [0.29, 0.717) is 11.3 Å². The van der Waals surface area contributed by atoms with E-state index in [4.69, 9.17) is 0 Å². The zero-order valence-electron chi connectivity index (χ0n) is 14.0. The summed E-state index contributed by atoms with van der Waals surface area (Å²) in [5, 5.41) is 6.46. The van der Waals surface area contributed by atoms with Crippen LogP contribution in [0.2, 0.25) is 0 Å². The quantitative estimate of drug-likeness (QED) is 0.808. The molecule has 2 bridgehead atoms. The highest BCUT2D eigenvalue weighted by Crippen LogP contribution is 2.63. The molecule has 1 heterocycles. The summed E-state index contributed by atoms with van der Waals surface area (Å²) in [5.74, 6) is 0.640. The Morgan fingerprint density at radius 1 is 1.45 bits per heavy atom. The molecule has 2 aliphatic carbocycles. The molecule has 22 heavy (non-hydrogen) atoms. The molecule has 2 saturated carbocycles.